The van der Waals surface area contributed by atoms with Crippen LogP contribution in [0.5, 0.6) is 5.75 Å². The Labute approximate surface area is 145 Å². The fraction of sp³-hybridized carbons (Fsp3) is 0.650. The highest BCUT2D eigenvalue weighted by atomic mass is 16.5. The summed E-state index contributed by atoms with van der Waals surface area (Å²) in [7, 11) is 1.69. The van der Waals surface area contributed by atoms with Gasteiger partial charge < -0.3 is 15.4 Å². The van der Waals surface area contributed by atoms with Crippen LogP contribution in [0.1, 0.15) is 44.1 Å². The number of hydrogen-bond acceptors (Lipinski definition) is 3. The predicted octanol–water partition coefficient (Wildman–Crippen LogP) is 2.99. The lowest BCUT2D eigenvalue weighted by molar-refractivity contribution is -0.130. The molecule has 1 aliphatic heterocycles. The molecule has 0 aromatic heterocycles. The minimum atomic E-state index is 0.317. The number of carbonyl (C=O) groups excluding carboxylic acids is 1. The van der Waals surface area contributed by atoms with Gasteiger partial charge in [0.1, 0.15) is 5.75 Å². The molecule has 3 atom stereocenters. The van der Waals surface area contributed by atoms with Crippen molar-refractivity contribution in [2.75, 3.05) is 20.2 Å². The van der Waals surface area contributed by atoms with Gasteiger partial charge in [-0.1, -0.05) is 18.6 Å². The van der Waals surface area contributed by atoms with Gasteiger partial charge in [-0.15, -0.1) is 0 Å². The zero-order valence-electron chi connectivity index (χ0n) is 14.7. The Morgan fingerprint density at radius 1 is 1.17 bits per heavy atom. The summed E-state index contributed by atoms with van der Waals surface area (Å²) in [5, 5.41) is 0. The Bertz CT molecular complexity index is 543. The normalized spacial score (nSPS) is 25.8. The summed E-state index contributed by atoms with van der Waals surface area (Å²) in [6.07, 6.45) is 7.35. The molecule has 3 rings (SSSR count). The minimum Gasteiger partial charge on any atom is -0.497 e. The molecule has 0 bridgehead atoms. The zero-order valence-corrected chi connectivity index (χ0v) is 14.7. The van der Waals surface area contributed by atoms with Crippen molar-refractivity contribution in [1.82, 2.24) is 4.90 Å². The molecule has 4 heteroatoms. The summed E-state index contributed by atoms with van der Waals surface area (Å²) < 4.78 is 5.17. The van der Waals surface area contributed by atoms with Gasteiger partial charge in [0.05, 0.1) is 7.11 Å². The van der Waals surface area contributed by atoms with E-state index in [9.17, 15) is 4.79 Å². The van der Waals surface area contributed by atoms with Crippen LogP contribution in [0.4, 0.5) is 0 Å². The molecule has 24 heavy (non-hydrogen) atoms. The van der Waals surface area contributed by atoms with Crippen LogP contribution in [0.25, 0.3) is 0 Å². The largest absolute Gasteiger partial charge is 0.497 e. The van der Waals surface area contributed by atoms with E-state index in [4.69, 9.17) is 10.5 Å². The van der Waals surface area contributed by atoms with E-state index in [1.54, 1.807) is 7.11 Å². The smallest absolute Gasteiger partial charge is 0.222 e. The Morgan fingerprint density at radius 3 is 2.67 bits per heavy atom. The van der Waals surface area contributed by atoms with Crippen LogP contribution in [-0.2, 0) is 11.2 Å². The molecule has 132 valence electrons. The number of fused-ring (bicyclic) bond motifs is 1. The summed E-state index contributed by atoms with van der Waals surface area (Å²) in [5.41, 5.74) is 7.49. The van der Waals surface area contributed by atoms with Crippen LogP contribution >= 0.6 is 0 Å². The maximum Gasteiger partial charge on any atom is 0.222 e. The second-order valence-corrected chi connectivity index (χ2v) is 7.37. The molecule has 2 N–H and O–H groups in total. The Balaban J connectivity index is 1.31. The third kappa shape index (κ3) is 4.10. The molecule has 0 radical (unpaired) electrons. The SMILES string of the molecule is COc1ccc(CCCCCC(=O)N2CC3CCC(N)C3C2)cc1. The van der Waals surface area contributed by atoms with E-state index in [0.29, 0.717) is 30.2 Å². The molecule has 1 aromatic carbocycles. The Hall–Kier alpha value is -1.55. The van der Waals surface area contributed by atoms with Gasteiger partial charge >= 0.3 is 0 Å². The number of rotatable bonds is 7. The molecular formula is C20H30N2O2. The van der Waals surface area contributed by atoms with Crippen molar-refractivity contribution in [3.63, 3.8) is 0 Å². The number of likely N-dealkylation sites (tertiary alicyclic amines) is 1. The third-order valence-corrected chi connectivity index (χ3v) is 5.78. The molecule has 1 aromatic rings. The van der Waals surface area contributed by atoms with E-state index in [-0.39, 0.29) is 0 Å². The van der Waals surface area contributed by atoms with Crippen molar-refractivity contribution in [2.45, 2.75) is 51.0 Å². The van der Waals surface area contributed by atoms with E-state index >= 15 is 0 Å². The number of benzene rings is 1. The quantitative estimate of drug-likeness (QED) is 0.782. The van der Waals surface area contributed by atoms with E-state index in [2.05, 4.69) is 17.0 Å². The second-order valence-electron chi connectivity index (χ2n) is 7.37. The number of carbonyl (C=O) groups is 1. The molecule has 1 saturated carbocycles. The molecule has 1 amide bonds. The first-order chi connectivity index (χ1) is 11.7. The van der Waals surface area contributed by atoms with Gasteiger partial charge in [0.25, 0.3) is 0 Å². The molecule has 1 aliphatic carbocycles. The lowest BCUT2D eigenvalue weighted by atomic mass is 9.98. The van der Waals surface area contributed by atoms with Crippen LogP contribution in [0.2, 0.25) is 0 Å². The van der Waals surface area contributed by atoms with Gasteiger partial charge in [-0.3, -0.25) is 4.79 Å². The number of nitrogens with zero attached hydrogens (tertiary/aromatic N) is 1. The number of amides is 1. The standard InChI is InChI=1S/C20H30N2O2/c1-24-17-10-7-15(8-11-17)5-3-2-4-6-20(23)22-13-16-9-12-19(21)18(16)14-22/h7-8,10-11,16,18-19H,2-6,9,12-14,21H2,1H3. The molecule has 2 aliphatic rings. The minimum absolute atomic E-state index is 0.317. The highest BCUT2D eigenvalue weighted by molar-refractivity contribution is 5.76. The number of methoxy groups -OCH3 is 1. The van der Waals surface area contributed by atoms with E-state index in [1.165, 1.54) is 12.0 Å². The average Bonchev–Trinajstić information content (AvgIpc) is 3.17. The van der Waals surface area contributed by atoms with E-state index in [0.717, 1.165) is 50.9 Å². The number of unbranched alkanes of at least 4 members (excludes halogenated alkanes) is 2. The van der Waals surface area contributed by atoms with Gasteiger partial charge in [0, 0.05) is 25.6 Å². The van der Waals surface area contributed by atoms with E-state index < -0.39 is 0 Å². The third-order valence-electron chi connectivity index (χ3n) is 5.78. The predicted molar refractivity (Wildman–Crippen MR) is 95.9 cm³/mol. The summed E-state index contributed by atoms with van der Waals surface area (Å²) in [4.78, 5) is 14.4. The fourth-order valence-electron chi connectivity index (χ4n) is 4.24. The first-order valence-electron chi connectivity index (χ1n) is 9.33. The van der Waals surface area contributed by atoms with Gasteiger partial charge in [-0.25, -0.2) is 0 Å². The average molecular weight is 330 g/mol. The summed E-state index contributed by atoms with van der Waals surface area (Å²) in [5.74, 6) is 2.46. The van der Waals surface area contributed by atoms with Gasteiger partial charge in [0.15, 0.2) is 0 Å². The number of ether oxygens (including phenoxy) is 1. The van der Waals surface area contributed by atoms with Gasteiger partial charge in [-0.2, -0.15) is 0 Å². The van der Waals surface area contributed by atoms with Crippen LogP contribution in [0, 0.1) is 11.8 Å². The zero-order chi connectivity index (χ0) is 16.9. The van der Waals surface area contributed by atoms with Crippen molar-refractivity contribution in [2.24, 2.45) is 17.6 Å². The molecule has 0 spiro atoms. The number of aryl methyl sites for hydroxylation is 1. The fourth-order valence-corrected chi connectivity index (χ4v) is 4.24. The highest BCUT2D eigenvalue weighted by Crippen LogP contribution is 2.37. The maximum atomic E-state index is 12.4. The summed E-state index contributed by atoms with van der Waals surface area (Å²) in [6.45, 7) is 1.85. The first-order valence-corrected chi connectivity index (χ1v) is 9.33. The van der Waals surface area contributed by atoms with Gasteiger partial charge in [0.2, 0.25) is 5.91 Å². The van der Waals surface area contributed by atoms with Crippen molar-refractivity contribution >= 4 is 5.91 Å². The molecule has 1 heterocycles. The lowest BCUT2D eigenvalue weighted by Crippen LogP contribution is -2.33. The van der Waals surface area contributed by atoms with Crippen LogP contribution in [0.3, 0.4) is 0 Å². The number of nitrogens with two attached hydrogens (primary N) is 1. The van der Waals surface area contributed by atoms with Crippen molar-refractivity contribution in [1.29, 1.82) is 0 Å². The van der Waals surface area contributed by atoms with Gasteiger partial charge in [-0.05, 0) is 61.6 Å². The summed E-state index contributed by atoms with van der Waals surface area (Å²) >= 11 is 0. The monoisotopic (exact) mass is 330 g/mol. The van der Waals surface area contributed by atoms with Crippen molar-refractivity contribution in [3.05, 3.63) is 29.8 Å². The van der Waals surface area contributed by atoms with Crippen molar-refractivity contribution < 1.29 is 9.53 Å². The van der Waals surface area contributed by atoms with Crippen molar-refractivity contribution in [3.8, 4) is 5.75 Å². The van der Waals surface area contributed by atoms with E-state index in [1.807, 2.05) is 12.1 Å². The Kier molecular flexibility index (Phi) is 5.77. The molecule has 4 nitrogen and oxygen atoms in total. The summed E-state index contributed by atoms with van der Waals surface area (Å²) in [6, 6.07) is 8.57. The lowest BCUT2D eigenvalue weighted by Gasteiger charge is -2.18. The molecule has 3 unspecified atom stereocenters. The Morgan fingerprint density at radius 2 is 1.96 bits per heavy atom. The maximum absolute atomic E-state index is 12.4. The van der Waals surface area contributed by atoms with Crippen LogP contribution < -0.4 is 10.5 Å². The number of hydrogen-bond donors (Lipinski definition) is 1. The topological polar surface area (TPSA) is 55.6 Å². The second kappa shape index (κ2) is 8.02. The molecular weight excluding hydrogens is 300 g/mol. The van der Waals surface area contributed by atoms with Crippen LogP contribution in [-0.4, -0.2) is 37.0 Å². The molecule has 1 saturated heterocycles. The van der Waals surface area contributed by atoms with Crippen LogP contribution in [0.15, 0.2) is 24.3 Å². The first kappa shape index (κ1) is 17.3. The highest BCUT2D eigenvalue weighted by Gasteiger charge is 2.42. The molecule has 2 fully saturated rings.